The second kappa shape index (κ2) is 7.85. The summed E-state index contributed by atoms with van der Waals surface area (Å²) in [6, 6.07) is 5.91. The number of hydrogen-bond donors (Lipinski definition) is 0. The first-order valence-corrected chi connectivity index (χ1v) is 10.1. The Labute approximate surface area is 147 Å². The average molecular weight is 329 g/mol. The number of aryl methyl sites for hydroxylation is 1. The molecule has 0 N–H and O–H groups in total. The molecule has 0 amide bonds. The molecule has 132 valence electrons. The van der Waals surface area contributed by atoms with Crippen LogP contribution in [0.1, 0.15) is 83.3 Å². The predicted molar refractivity (Wildman–Crippen MR) is 101 cm³/mol. The molecule has 1 saturated carbocycles. The van der Waals surface area contributed by atoms with Gasteiger partial charge in [-0.25, -0.2) is 4.39 Å². The first kappa shape index (κ1) is 17.7. The smallest absolute Gasteiger partial charge is 0.130 e. The third-order valence-corrected chi connectivity index (χ3v) is 6.47. The van der Waals surface area contributed by atoms with Crippen molar-refractivity contribution in [3.8, 4) is 0 Å². The maximum absolute atomic E-state index is 14.6. The minimum atomic E-state index is -0.0137. The summed E-state index contributed by atoms with van der Waals surface area (Å²) in [5, 5.41) is 0. The van der Waals surface area contributed by atoms with Crippen LogP contribution >= 0.6 is 0 Å². The first-order valence-electron chi connectivity index (χ1n) is 10.1. The highest BCUT2D eigenvalue weighted by Gasteiger charge is 2.29. The van der Waals surface area contributed by atoms with Crippen LogP contribution in [0, 0.1) is 23.6 Å². The van der Waals surface area contributed by atoms with E-state index in [1.165, 1.54) is 49.7 Å². The Bertz CT molecular complexity index is 590. The highest BCUT2D eigenvalue weighted by Crippen LogP contribution is 2.44. The van der Waals surface area contributed by atoms with Crippen molar-refractivity contribution in [2.24, 2.45) is 17.8 Å². The second-order valence-corrected chi connectivity index (χ2v) is 8.35. The summed E-state index contributed by atoms with van der Waals surface area (Å²) in [4.78, 5) is 0. The Morgan fingerprint density at radius 2 is 1.79 bits per heavy atom. The fraction of sp³-hybridized carbons (Fsp3) is 0.652. The molecule has 0 saturated heterocycles. The van der Waals surface area contributed by atoms with Crippen LogP contribution in [-0.2, 0) is 6.42 Å². The van der Waals surface area contributed by atoms with Crippen molar-refractivity contribution in [2.45, 2.75) is 78.6 Å². The fourth-order valence-corrected chi connectivity index (χ4v) is 4.93. The van der Waals surface area contributed by atoms with Gasteiger partial charge in [0, 0.05) is 5.56 Å². The molecular formula is C23H33F. The predicted octanol–water partition coefficient (Wildman–Crippen LogP) is 7.18. The molecule has 0 aromatic heterocycles. The highest BCUT2D eigenvalue weighted by atomic mass is 19.1. The zero-order valence-electron chi connectivity index (χ0n) is 15.7. The lowest BCUT2D eigenvalue weighted by Crippen LogP contribution is -2.23. The summed E-state index contributed by atoms with van der Waals surface area (Å²) in [7, 11) is 0. The fourth-order valence-electron chi connectivity index (χ4n) is 4.93. The van der Waals surface area contributed by atoms with Gasteiger partial charge in [0.2, 0.25) is 0 Å². The van der Waals surface area contributed by atoms with E-state index in [0.717, 1.165) is 48.1 Å². The Kier molecular flexibility index (Phi) is 5.79. The van der Waals surface area contributed by atoms with Crippen molar-refractivity contribution >= 4 is 5.57 Å². The standard InChI is InChI=1S/C23H33F/c1-4-5-18-8-12-22(23(24)15-18)21-13-11-20(14-17(21)3)19-9-6-16(2)7-10-19/h8,12,15-16,19-20H,4-7,9-11,13-14H2,1-3H3. The number of allylic oxidation sites excluding steroid dienone is 2. The van der Waals surface area contributed by atoms with Crippen LogP contribution in [0.5, 0.6) is 0 Å². The van der Waals surface area contributed by atoms with Crippen molar-refractivity contribution in [3.05, 3.63) is 40.7 Å². The summed E-state index contributed by atoms with van der Waals surface area (Å²) in [5.41, 5.74) is 4.72. The summed E-state index contributed by atoms with van der Waals surface area (Å²) in [6.07, 6.45) is 11.2. The van der Waals surface area contributed by atoms with E-state index in [-0.39, 0.29) is 5.82 Å². The number of benzene rings is 1. The second-order valence-electron chi connectivity index (χ2n) is 8.35. The molecule has 24 heavy (non-hydrogen) atoms. The Hall–Kier alpha value is -1.11. The van der Waals surface area contributed by atoms with Crippen molar-refractivity contribution < 1.29 is 4.39 Å². The molecular weight excluding hydrogens is 295 g/mol. The Morgan fingerprint density at radius 1 is 1.04 bits per heavy atom. The molecule has 0 nitrogen and oxygen atoms in total. The van der Waals surface area contributed by atoms with Gasteiger partial charge in [-0.1, -0.05) is 50.8 Å². The normalized spacial score (nSPS) is 28.2. The van der Waals surface area contributed by atoms with Crippen LogP contribution in [-0.4, -0.2) is 0 Å². The van der Waals surface area contributed by atoms with E-state index >= 15 is 0 Å². The van der Waals surface area contributed by atoms with Crippen LogP contribution in [0.15, 0.2) is 23.8 Å². The third-order valence-electron chi connectivity index (χ3n) is 6.47. The van der Waals surface area contributed by atoms with Gasteiger partial charge in [-0.2, -0.15) is 0 Å². The number of halogens is 1. The topological polar surface area (TPSA) is 0 Å². The largest absolute Gasteiger partial charge is 0.206 e. The maximum Gasteiger partial charge on any atom is 0.130 e. The average Bonchev–Trinajstić information content (AvgIpc) is 2.57. The molecule has 1 aromatic carbocycles. The van der Waals surface area contributed by atoms with Gasteiger partial charge < -0.3 is 0 Å². The summed E-state index contributed by atoms with van der Waals surface area (Å²) >= 11 is 0. The Balaban J connectivity index is 1.72. The van der Waals surface area contributed by atoms with Crippen LogP contribution in [0.2, 0.25) is 0 Å². The monoisotopic (exact) mass is 328 g/mol. The minimum Gasteiger partial charge on any atom is -0.206 e. The van der Waals surface area contributed by atoms with Gasteiger partial charge in [-0.15, -0.1) is 0 Å². The van der Waals surface area contributed by atoms with E-state index in [4.69, 9.17) is 0 Å². The van der Waals surface area contributed by atoms with Gasteiger partial charge in [0.1, 0.15) is 5.82 Å². The van der Waals surface area contributed by atoms with Gasteiger partial charge in [-0.05, 0) is 80.4 Å². The summed E-state index contributed by atoms with van der Waals surface area (Å²) < 4.78 is 14.6. The molecule has 0 heterocycles. The van der Waals surface area contributed by atoms with E-state index < -0.39 is 0 Å². The molecule has 0 radical (unpaired) electrons. The molecule has 1 aromatic rings. The van der Waals surface area contributed by atoms with E-state index in [0.29, 0.717) is 0 Å². The molecule has 2 aliphatic carbocycles. The SMILES string of the molecule is CCCc1ccc(C2=C(C)CC(C3CCC(C)CC3)CC2)c(F)c1. The zero-order chi connectivity index (χ0) is 17.1. The first-order chi connectivity index (χ1) is 11.6. The lowest BCUT2D eigenvalue weighted by Gasteiger charge is -2.36. The van der Waals surface area contributed by atoms with E-state index in [9.17, 15) is 4.39 Å². The van der Waals surface area contributed by atoms with Gasteiger partial charge in [-0.3, -0.25) is 0 Å². The van der Waals surface area contributed by atoms with E-state index in [2.05, 4.69) is 26.8 Å². The quantitative estimate of drug-likeness (QED) is 0.549. The van der Waals surface area contributed by atoms with Crippen molar-refractivity contribution in [1.29, 1.82) is 0 Å². The molecule has 1 unspecified atom stereocenters. The molecule has 1 heteroatoms. The van der Waals surface area contributed by atoms with Crippen LogP contribution in [0.3, 0.4) is 0 Å². The van der Waals surface area contributed by atoms with Crippen molar-refractivity contribution in [1.82, 2.24) is 0 Å². The van der Waals surface area contributed by atoms with Crippen molar-refractivity contribution in [3.63, 3.8) is 0 Å². The van der Waals surface area contributed by atoms with Gasteiger partial charge in [0.25, 0.3) is 0 Å². The molecule has 1 atom stereocenters. The molecule has 2 aliphatic rings. The van der Waals surface area contributed by atoms with Crippen LogP contribution in [0.25, 0.3) is 5.57 Å². The zero-order valence-corrected chi connectivity index (χ0v) is 15.7. The number of rotatable bonds is 4. The van der Waals surface area contributed by atoms with Crippen LogP contribution < -0.4 is 0 Å². The Morgan fingerprint density at radius 3 is 2.42 bits per heavy atom. The van der Waals surface area contributed by atoms with E-state index in [1.807, 2.05) is 6.07 Å². The van der Waals surface area contributed by atoms with Crippen molar-refractivity contribution in [2.75, 3.05) is 0 Å². The molecule has 0 bridgehead atoms. The van der Waals surface area contributed by atoms with Gasteiger partial charge in [0.05, 0.1) is 0 Å². The number of hydrogen-bond acceptors (Lipinski definition) is 0. The minimum absolute atomic E-state index is 0.0137. The van der Waals surface area contributed by atoms with Gasteiger partial charge in [0.15, 0.2) is 0 Å². The molecule has 0 spiro atoms. The van der Waals surface area contributed by atoms with Gasteiger partial charge >= 0.3 is 0 Å². The molecule has 3 rings (SSSR count). The molecule has 1 fully saturated rings. The lowest BCUT2D eigenvalue weighted by atomic mass is 9.69. The lowest BCUT2D eigenvalue weighted by molar-refractivity contribution is 0.199. The molecule has 0 aliphatic heterocycles. The highest BCUT2D eigenvalue weighted by molar-refractivity contribution is 5.70. The third kappa shape index (κ3) is 3.92. The summed E-state index contributed by atoms with van der Waals surface area (Å²) in [6.45, 7) is 6.78. The summed E-state index contributed by atoms with van der Waals surface area (Å²) in [5.74, 6) is 2.66. The maximum atomic E-state index is 14.6. The van der Waals surface area contributed by atoms with E-state index in [1.54, 1.807) is 6.07 Å². The van der Waals surface area contributed by atoms with Crippen LogP contribution in [0.4, 0.5) is 4.39 Å².